The van der Waals surface area contributed by atoms with Crippen LogP contribution >= 0.6 is 0 Å². The van der Waals surface area contributed by atoms with Gasteiger partial charge in [-0.2, -0.15) is 0 Å². The third-order valence-corrected chi connectivity index (χ3v) is 3.42. The normalized spacial score (nSPS) is 30.2. The number of halogens is 1. The lowest BCUT2D eigenvalue weighted by atomic mass is 9.82. The van der Waals surface area contributed by atoms with Gasteiger partial charge in [-0.25, -0.2) is 4.39 Å². The molecule has 1 fully saturated rings. The lowest BCUT2D eigenvalue weighted by Crippen LogP contribution is -2.52. The summed E-state index contributed by atoms with van der Waals surface area (Å²) in [6.07, 6.45) is 3.39. The van der Waals surface area contributed by atoms with Crippen LogP contribution in [-0.2, 0) is 12.0 Å². The van der Waals surface area contributed by atoms with Crippen LogP contribution in [0.1, 0.15) is 24.0 Å². The van der Waals surface area contributed by atoms with E-state index in [4.69, 9.17) is 0 Å². The van der Waals surface area contributed by atoms with E-state index in [0.29, 0.717) is 0 Å². The van der Waals surface area contributed by atoms with Crippen molar-refractivity contribution in [2.24, 2.45) is 0 Å². The molecule has 3 rings (SSSR count). The van der Waals surface area contributed by atoms with Gasteiger partial charge in [0.15, 0.2) is 0 Å². The van der Waals surface area contributed by atoms with Crippen LogP contribution in [0.2, 0.25) is 0 Å². The summed E-state index contributed by atoms with van der Waals surface area (Å²) in [5, 5.41) is 3.47. The Kier molecular flexibility index (Phi) is 1.34. The van der Waals surface area contributed by atoms with Crippen molar-refractivity contribution in [2.75, 3.05) is 6.54 Å². The molecule has 1 nitrogen and oxygen atoms in total. The SMILES string of the molecule is Fc1ccc2c(c1)CCC21CCN1. The Morgan fingerprint density at radius 1 is 1.31 bits per heavy atom. The van der Waals surface area contributed by atoms with Crippen LogP contribution in [0.4, 0.5) is 4.39 Å². The van der Waals surface area contributed by atoms with Crippen molar-refractivity contribution in [3.63, 3.8) is 0 Å². The topological polar surface area (TPSA) is 12.0 Å². The molecule has 1 saturated heterocycles. The molecule has 2 aliphatic rings. The largest absolute Gasteiger partial charge is 0.307 e. The van der Waals surface area contributed by atoms with Gasteiger partial charge in [0.2, 0.25) is 0 Å². The molecule has 1 N–H and O–H groups in total. The Labute approximate surface area is 77.0 Å². The van der Waals surface area contributed by atoms with E-state index in [-0.39, 0.29) is 11.4 Å². The van der Waals surface area contributed by atoms with Crippen molar-refractivity contribution >= 4 is 0 Å². The molecular formula is C11H12FN. The van der Waals surface area contributed by atoms with Gasteiger partial charge >= 0.3 is 0 Å². The van der Waals surface area contributed by atoms with Gasteiger partial charge in [-0.15, -0.1) is 0 Å². The van der Waals surface area contributed by atoms with E-state index in [2.05, 4.69) is 5.32 Å². The highest BCUT2D eigenvalue weighted by Gasteiger charge is 2.42. The number of rotatable bonds is 0. The standard InChI is InChI=1S/C11H12FN/c12-9-1-2-10-8(7-9)3-4-11(10)5-6-13-11/h1-2,7,13H,3-6H2. The maximum atomic E-state index is 12.9. The second-order valence-electron chi connectivity index (χ2n) is 4.06. The highest BCUT2D eigenvalue weighted by atomic mass is 19.1. The van der Waals surface area contributed by atoms with E-state index in [1.54, 1.807) is 12.1 Å². The van der Waals surface area contributed by atoms with E-state index in [9.17, 15) is 4.39 Å². The quantitative estimate of drug-likeness (QED) is 0.638. The first kappa shape index (κ1) is 7.51. The molecule has 0 radical (unpaired) electrons. The number of hydrogen-bond donors (Lipinski definition) is 1. The second-order valence-corrected chi connectivity index (χ2v) is 4.06. The maximum Gasteiger partial charge on any atom is 0.123 e. The fourth-order valence-electron chi connectivity index (χ4n) is 2.59. The van der Waals surface area contributed by atoms with Gasteiger partial charge in [0.25, 0.3) is 0 Å². The highest BCUT2D eigenvalue weighted by molar-refractivity contribution is 5.40. The molecule has 13 heavy (non-hydrogen) atoms. The Morgan fingerprint density at radius 2 is 2.15 bits per heavy atom. The third kappa shape index (κ3) is 0.894. The van der Waals surface area contributed by atoms with Crippen molar-refractivity contribution < 1.29 is 4.39 Å². The summed E-state index contributed by atoms with van der Waals surface area (Å²) in [6, 6.07) is 5.21. The van der Waals surface area contributed by atoms with Crippen molar-refractivity contribution in [1.82, 2.24) is 5.32 Å². The number of hydrogen-bond acceptors (Lipinski definition) is 1. The minimum atomic E-state index is -0.102. The first-order valence-electron chi connectivity index (χ1n) is 4.84. The Morgan fingerprint density at radius 3 is 2.85 bits per heavy atom. The highest BCUT2D eigenvalue weighted by Crippen LogP contribution is 2.43. The van der Waals surface area contributed by atoms with E-state index < -0.39 is 0 Å². The zero-order valence-corrected chi connectivity index (χ0v) is 7.44. The van der Waals surface area contributed by atoms with Crippen molar-refractivity contribution in [3.05, 3.63) is 35.1 Å². The Bertz CT molecular complexity index is 355. The minimum Gasteiger partial charge on any atom is -0.307 e. The smallest absolute Gasteiger partial charge is 0.123 e. The first-order valence-corrected chi connectivity index (χ1v) is 4.84. The van der Waals surface area contributed by atoms with Gasteiger partial charge in [-0.1, -0.05) is 6.07 Å². The van der Waals surface area contributed by atoms with Gasteiger partial charge in [0.1, 0.15) is 5.82 Å². The van der Waals surface area contributed by atoms with Crippen LogP contribution in [0.25, 0.3) is 0 Å². The zero-order chi connectivity index (χ0) is 8.89. The molecule has 0 aromatic heterocycles. The molecule has 1 spiro atoms. The van der Waals surface area contributed by atoms with Crippen molar-refractivity contribution in [3.8, 4) is 0 Å². The predicted molar refractivity (Wildman–Crippen MR) is 49.0 cm³/mol. The zero-order valence-electron chi connectivity index (χ0n) is 7.44. The van der Waals surface area contributed by atoms with Crippen LogP contribution in [0.5, 0.6) is 0 Å². The molecule has 1 aliphatic carbocycles. The summed E-state index contributed by atoms with van der Waals surface area (Å²) < 4.78 is 12.9. The number of aryl methyl sites for hydroxylation is 1. The average Bonchev–Trinajstić information content (AvgIpc) is 2.41. The summed E-state index contributed by atoms with van der Waals surface area (Å²) in [5.74, 6) is -0.102. The summed E-state index contributed by atoms with van der Waals surface area (Å²) in [6.45, 7) is 1.11. The van der Waals surface area contributed by atoms with Gasteiger partial charge in [0, 0.05) is 5.54 Å². The van der Waals surface area contributed by atoms with Crippen molar-refractivity contribution in [1.29, 1.82) is 0 Å². The Balaban J connectivity index is 2.11. The molecule has 1 aromatic rings. The van der Waals surface area contributed by atoms with E-state index in [1.165, 1.54) is 17.5 Å². The molecule has 2 heteroatoms. The van der Waals surface area contributed by atoms with Crippen LogP contribution in [0.15, 0.2) is 18.2 Å². The van der Waals surface area contributed by atoms with Crippen LogP contribution in [0, 0.1) is 5.82 Å². The lowest BCUT2D eigenvalue weighted by Gasteiger charge is -2.41. The molecule has 1 unspecified atom stereocenters. The molecule has 1 heterocycles. The molecule has 1 atom stereocenters. The lowest BCUT2D eigenvalue weighted by molar-refractivity contribution is 0.210. The van der Waals surface area contributed by atoms with Crippen LogP contribution < -0.4 is 5.32 Å². The Hall–Kier alpha value is -0.890. The molecule has 0 amide bonds. The number of benzene rings is 1. The second kappa shape index (κ2) is 2.32. The summed E-state index contributed by atoms with van der Waals surface area (Å²) in [7, 11) is 0. The van der Waals surface area contributed by atoms with E-state index in [0.717, 1.165) is 19.4 Å². The predicted octanol–water partition coefficient (Wildman–Crippen LogP) is 1.96. The van der Waals surface area contributed by atoms with E-state index >= 15 is 0 Å². The molecule has 68 valence electrons. The fraction of sp³-hybridized carbons (Fsp3) is 0.455. The monoisotopic (exact) mass is 177 g/mol. The summed E-state index contributed by atoms with van der Waals surface area (Å²) in [5.41, 5.74) is 2.76. The molecular weight excluding hydrogens is 165 g/mol. The molecule has 0 bridgehead atoms. The van der Waals surface area contributed by atoms with E-state index in [1.807, 2.05) is 6.07 Å². The summed E-state index contributed by atoms with van der Waals surface area (Å²) >= 11 is 0. The molecule has 1 aliphatic heterocycles. The average molecular weight is 177 g/mol. The van der Waals surface area contributed by atoms with Crippen LogP contribution in [0.3, 0.4) is 0 Å². The molecule has 1 aromatic carbocycles. The maximum absolute atomic E-state index is 12.9. The summed E-state index contributed by atoms with van der Waals surface area (Å²) in [4.78, 5) is 0. The van der Waals surface area contributed by atoms with Crippen molar-refractivity contribution in [2.45, 2.75) is 24.8 Å². The number of fused-ring (bicyclic) bond motifs is 2. The number of nitrogens with one attached hydrogen (secondary N) is 1. The first-order chi connectivity index (χ1) is 6.30. The minimum absolute atomic E-state index is 0.102. The third-order valence-electron chi connectivity index (χ3n) is 3.42. The van der Waals surface area contributed by atoms with Gasteiger partial charge in [-0.05, 0) is 49.1 Å². The molecule has 0 saturated carbocycles. The fourth-order valence-corrected chi connectivity index (χ4v) is 2.59. The van der Waals surface area contributed by atoms with Gasteiger partial charge in [0.05, 0.1) is 0 Å². The van der Waals surface area contributed by atoms with Crippen LogP contribution in [-0.4, -0.2) is 6.54 Å². The van der Waals surface area contributed by atoms with Gasteiger partial charge in [-0.3, -0.25) is 0 Å². The van der Waals surface area contributed by atoms with Gasteiger partial charge < -0.3 is 5.32 Å².